The Morgan fingerprint density at radius 1 is 0.800 bits per heavy atom. The van der Waals surface area contributed by atoms with E-state index in [1.165, 1.54) is 19.1 Å². The number of aliphatic imine (C=N–C) groups is 2. The summed E-state index contributed by atoms with van der Waals surface area (Å²) in [7, 11) is 0. The van der Waals surface area contributed by atoms with Gasteiger partial charge in [-0.05, 0) is 56.7 Å². The topological polar surface area (TPSA) is 300 Å². The molecule has 0 fully saturated rings. The SMILES string of the molecule is CC(NC(=O)C(CCCN=C(N)N)NC(=O)C(N)Cc1ccc(O)cc1)C(=O)NC(CCCN=C(N)N)C(=O)O. The minimum atomic E-state index is -1.26. The highest BCUT2D eigenvalue weighted by Gasteiger charge is 2.28. The van der Waals surface area contributed by atoms with Gasteiger partial charge >= 0.3 is 5.97 Å². The molecule has 0 radical (unpaired) electrons. The van der Waals surface area contributed by atoms with Gasteiger partial charge in [-0.1, -0.05) is 12.1 Å². The number of carboxylic acid groups (broad SMARTS) is 1. The lowest BCUT2D eigenvalue weighted by atomic mass is 10.0. The minimum absolute atomic E-state index is 0.0565. The van der Waals surface area contributed by atoms with E-state index in [-0.39, 0.29) is 50.0 Å². The Labute approximate surface area is 231 Å². The van der Waals surface area contributed by atoms with Gasteiger partial charge in [-0.3, -0.25) is 24.4 Å². The number of nitrogens with one attached hydrogen (secondary N) is 3. The van der Waals surface area contributed by atoms with Gasteiger partial charge in [0.25, 0.3) is 0 Å². The number of nitrogens with zero attached hydrogens (tertiary/aromatic N) is 2. The molecule has 1 aromatic rings. The molecule has 0 aliphatic rings. The van der Waals surface area contributed by atoms with Crippen molar-refractivity contribution in [3.05, 3.63) is 29.8 Å². The number of carbonyl (C=O) groups excluding carboxylic acids is 3. The Hall–Kier alpha value is -4.60. The van der Waals surface area contributed by atoms with Crippen molar-refractivity contribution in [1.82, 2.24) is 16.0 Å². The molecule has 0 aromatic heterocycles. The first-order valence-electron chi connectivity index (χ1n) is 12.6. The van der Waals surface area contributed by atoms with E-state index in [0.717, 1.165) is 0 Å². The summed E-state index contributed by atoms with van der Waals surface area (Å²) in [6.07, 6.45) is 0.941. The first-order chi connectivity index (χ1) is 18.8. The molecular formula is C24H40N10O6. The molecule has 3 amide bonds. The molecule has 40 heavy (non-hydrogen) atoms. The zero-order valence-corrected chi connectivity index (χ0v) is 22.4. The monoisotopic (exact) mass is 564 g/mol. The summed E-state index contributed by atoms with van der Waals surface area (Å²) in [4.78, 5) is 57.6. The molecule has 222 valence electrons. The van der Waals surface area contributed by atoms with E-state index < -0.39 is 47.9 Å². The van der Waals surface area contributed by atoms with Crippen molar-refractivity contribution in [2.75, 3.05) is 13.1 Å². The minimum Gasteiger partial charge on any atom is -0.508 e. The van der Waals surface area contributed by atoms with E-state index >= 15 is 0 Å². The van der Waals surface area contributed by atoms with Crippen molar-refractivity contribution in [2.24, 2.45) is 38.7 Å². The Morgan fingerprint density at radius 3 is 1.80 bits per heavy atom. The molecule has 1 rings (SSSR count). The number of hydrogen-bond acceptors (Lipinski definition) is 8. The number of phenolic OH excluding ortho intramolecular Hbond substituents is 1. The van der Waals surface area contributed by atoms with Gasteiger partial charge in [0.05, 0.1) is 6.04 Å². The maximum absolute atomic E-state index is 13.0. The second-order valence-electron chi connectivity index (χ2n) is 9.07. The van der Waals surface area contributed by atoms with Crippen molar-refractivity contribution >= 4 is 35.6 Å². The highest BCUT2D eigenvalue weighted by atomic mass is 16.4. The van der Waals surface area contributed by atoms with Crippen LogP contribution in [0, 0.1) is 0 Å². The third-order valence-electron chi connectivity index (χ3n) is 5.62. The third kappa shape index (κ3) is 13.3. The number of aliphatic carboxylic acids is 1. The van der Waals surface area contributed by atoms with Crippen LogP contribution in [0.3, 0.4) is 0 Å². The molecular weight excluding hydrogens is 524 g/mol. The summed E-state index contributed by atoms with van der Waals surface area (Å²) in [5.41, 5.74) is 27.9. The highest BCUT2D eigenvalue weighted by Crippen LogP contribution is 2.11. The maximum Gasteiger partial charge on any atom is 0.326 e. The predicted octanol–water partition coefficient (Wildman–Crippen LogP) is -3.07. The zero-order chi connectivity index (χ0) is 30.2. The van der Waals surface area contributed by atoms with Gasteiger partial charge < -0.3 is 54.8 Å². The molecule has 0 aliphatic heterocycles. The summed E-state index contributed by atoms with van der Waals surface area (Å²) < 4.78 is 0. The van der Waals surface area contributed by atoms with E-state index in [0.29, 0.717) is 18.4 Å². The zero-order valence-electron chi connectivity index (χ0n) is 22.4. The van der Waals surface area contributed by atoms with Gasteiger partial charge in [0.2, 0.25) is 17.7 Å². The van der Waals surface area contributed by atoms with Crippen LogP contribution >= 0.6 is 0 Å². The van der Waals surface area contributed by atoms with E-state index in [2.05, 4.69) is 25.9 Å². The van der Waals surface area contributed by atoms with Crippen LogP contribution in [0.4, 0.5) is 0 Å². The number of carboxylic acids is 1. The van der Waals surface area contributed by atoms with Crippen molar-refractivity contribution < 1.29 is 29.4 Å². The normalized spacial score (nSPS) is 13.6. The molecule has 16 heteroatoms. The van der Waals surface area contributed by atoms with E-state index in [4.69, 9.17) is 28.7 Å². The van der Waals surface area contributed by atoms with Gasteiger partial charge in [-0.2, -0.15) is 0 Å². The fraction of sp³-hybridized carbons (Fsp3) is 0.500. The molecule has 4 unspecified atom stereocenters. The number of phenols is 1. The van der Waals surface area contributed by atoms with Gasteiger partial charge in [-0.15, -0.1) is 0 Å². The molecule has 0 heterocycles. The lowest BCUT2D eigenvalue weighted by Gasteiger charge is -2.23. The molecule has 0 aliphatic carbocycles. The van der Waals surface area contributed by atoms with Crippen LogP contribution in [0.5, 0.6) is 5.75 Å². The van der Waals surface area contributed by atoms with Gasteiger partial charge in [0, 0.05) is 13.1 Å². The standard InChI is InChI=1S/C24H40N10O6/c1-13(19(36)34-18(22(39)40)5-3-11-31-24(28)29)32-21(38)17(4-2-10-30-23(26)27)33-20(37)16(25)12-14-6-8-15(35)9-7-14/h6-9,13,16-18,35H,2-5,10-12,25H2,1H3,(H,32,38)(H,33,37)(H,34,36)(H,39,40)(H4,26,27,30)(H4,28,29,31). The highest BCUT2D eigenvalue weighted by molar-refractivity contribution is 5.94. The fourth-order valence-corrected chi connectivity index (χ4v) is 3.47. The quantitative estimate of drug-likeness (QED) is 0.0514. The molecule has 0 saturated heterocycles. The van der Waals surface area contributed by atoms with Crippen LogP contribution in [0.1, 0.15) is 38.2 Å². The number of benzene rings is 1. The van der Waals surface area contributed by atoms with E-state index in [1.807, 2.05) is 0 Å². The van der Waals surface area contributed by atoms with Gasteiger partial charge in [0.15, 0.2) is 11.9 Å². The van der Waals surface area contributed by atoms with Crippen LogP contribution in [-0.4, -0.2) is 83.1 Å². The second kappa shape index (κ2) is 17.1. The first-order valence-corrected chi connectivity index (χ1v) is 12.6. The lowest BCUT2D eigenvalue weighted by molar-refractivity contribution is -0.142. The Balaban J connectivity index is 2.82. The molecule has 0 spiro atoms. The molecule has 0 bridgehead atoms. The largest absolute Gasteiger partial charge is 0.508 e. The average molecular weight is 565 g/mol. The number of carbonyl (C=O) groups is 4. The first kappa shape index (κ1) is 33.4. The number of hydrogen-bond donors (Lipinski definition) is 10. The van der Waals surface area contributed by atoms with Crippen LogP contribution in [0.2, 0.25) is 0 Å². The van der Waals surface area contributed by atoms with Crippen LogP contribution in [0.25, 0.3) is 0 Å². The Morgan fingerprint density at radius 2 is 1.30 bits per heavy atom. The van der Waals surface area contributed by atoms with Crippen LogP contribution < -0.4 is 44.6 Å². The predicted molar refractivity (Wildman–Crippen MR) is 149 cm³/mol. The lowest BCUT2D eigenvalue weighted by Crippen LogP contribution is -2.56. The summed E-state index contributed by atoms with van der Waals surface area (Å²) in [5.74, 6) is -3.48. The maximum atomic E-state index is 13.0. The average Bonchev–Trinajstić information content (AvgIpc) is 2.87. The smallest absolute Gasteiger partial charge is 0.326 e. The molecule has 1 aromatic carbocycles. The van der Waals surface area contributed by atoms with Gasteiger partial charge in [-0.25, -0.2) is 4.79 Å². The van der Waals surface area contributed by atoms with Crippen molar-refractivity contribution in [1.29, 1.82) is 0 Å². The Kier molecular flexibility index (Phi) is 14.3. The molecule has 15 N–H and O–H groups in total. The summed E-state index contributed by atoms with van der Waals surface area (Å²) in [5, 5.41) is 26.3. The number of amides is 3. The number of guanidine groups is 2. The van der Waals surface area contributed by atoms with Crippen molar-refractivity contribution in [3.8, 4) is 5.75 Å². The third-order valence-corrected chi connectivity index (χ3v) is 5.62. The van der Waals surface area contributed by atoms with Crippen LogP contribution in [0.15, 0.2) is 34.3 Å². The number of rotatable bonds is 17. The number of aromatic hydroxyl groups is 1. The molecule has 16 nitrogen and oxygen atoms in total. The fourth-order valence-electron chi connectivity index (χ4n) is 3.47. The van der Waals surface area contributed by atoms with E-state index in [9.17, 15) is 29.4 Å². The molecule has 0 saturated carbocycles. The summed E-state index contributed by atoms with van der Waals surface area (Å²) in [6.45, 7) is 1.75. The summed E-state index contributed by atoms with van der Waals surface area (Å²) in [6, 6.07) is 1.72. The number of nitrogens with two attached hydrogens (primary N) is 5. The van der Waals surface area contributed by atoms with Crippen molar-refractivity contribution in [3.63, 3.8) is 0 Å². The van der Waals surface area contributed by atoms with Crippen LogP contribution in [-0.2, 0) is 25.6 Å². The molecule has 4 atom stereocenters. The van der Waals surface area contributed by atoms with E-state index in [1.54, 1.807) is 12.1 Å². The van der Waals surface area contributed by atoms with Crippen molar-refractivity contribution in [2.45, 2.75) is 63.2 Å². The second-order valence-corrected chi connectivity index (χ2v) is 9.07. The van der Waals surface area contributed by atoms with Gasteiger partial charge in [0.1, 0.15) is 23.9 Å². The Bertz CT molecular complexity index is 1050. The summed E-state index contributed by atoms with van der Waals surface area (Å²) >= 11 is 0.